The third-order valence-corrected chi connectivity index (χ3v) is 5.31. The molecule has 1 N–H and O–H groups in total. The van der Waals surface area contributed by atoms with Gasteiger partial charge in [-0.3, -0.25) is 4.79 Å². The molecule has 1 aliphatic carbocycles. The zero-order valence-corrected chi connectivity index (χ0v) is 14.8. The molecule has 0 aromatic heterocycles. The summed E-state index contributed by atoms with van der Waals surface area (Å²) in [4.78, 5) is 25.6. The van der Waals surface area contributed by atoms with Gasteiger partial charge < -0.3 is 24.2 Å². The topological polar surface area (TPSA) is 85.3 Å². The van der Waals surface area contributed by atoms with E-state index in [1.165, 1.54) is 4.90 Å². The van der Waals surface area contributed by atoms with Crippen LogP contribution in [0.15, 0.2) is 0 Å². The fourth-order valence-electron chi connectivity index (χ4n) is 4.04. The summed E-state index contributed by atoms with van der Waals surface area (Å²) in [7, 11) is 4.91. The van der Waals surface area contributed by atoms with E-state index < -0.39 is 12.0 Å². The van der Waals surface area contributed by atoms with E-state index in [1.807, 2.05) is 0 Å². The van der Waals surface area contributed by atoms with Gasteiger partial charge in [0.15, 0.2) is 0 Å². The lowest BCUT2D eigenvalue weighted by Crippen LogP contribution is -2.50. The van der Waals surface area contributed by atoms with Gasteiger partial charge in [0.25, 0.3) is 0 Å². The molecule has 0 bridgehead atoms. The molecule has 7 nitrogen and oxygen atoms in total. The highest BCUT2D eigenvalue weighted by molar-refractivity contribution is 5.84. The number of ether oxygens (including phenoxy) is 3. The Labute approximate surface area is 143 Å². The Morgan fingerprint density at radius 3 is 2.17 bits per heavy atom. The van der Waals surface area contributed by atoms with Crippen molar-refractivity contribution < 1.29 is 28.9 Å². The molecular formula is C17H29NO6. The molecule has 138 valence electrons. The summed E-state index contributed by atoms with van der Waals surface area (Å²) in [5.74, 6) is -0.876. The Kier molecular flexibility index (Phi) is 7.01. The van der Waals surface area contributed by atoms with E-state index >= 15 is 0 Å². The highest BCUT2D eigenvalue weighted by Gasteiger charge is 2.40. The number of methoxy groups -OCH3 is 3. The number of nitrogens with zero attached hydrogens (tertiary/aromatic N) is 1. The number of carbonyl (C=O) groups is 2. The smallest absolute Gasteiger partial charge is 0.326 e. The maximum atomic E-state index is 12.7. The van der Waals surface area contributed by atoms with Crippen molar-refractivity contribution in [1.82, 2.24) is 4.90 Å². The second-order valence-electron chi connectivity index (χ2n) is 6.73. The number of rotatable bonds is 6. The number of aliphatic carboxylic acids is 1. The van der Waals surface area contributed by atoms with E-state index in [4.69, 9.17) is 14.2 Å². The van der Waals surface area contributed by atoms with Crippen LogP contribution in [-0.2, 0) is 23.8 Å². The van der Waals surface area contributed by atoms with E-state index in [0.717, 1.165) is 12.8 Å². The van der Waals surface area contributed by atoms with Crippen LogP contribution >= 0.6 is 0 Å². The molecule has 1 amide bonds. The van der Waals surface area contributed by atoms with Gasteiger partial charge in [0, 0.05) is 34.3 Å². The van der Waals surface area contributed by atoms with Crippen LogP contribution in [0.2, 0.25) is 0 Å². The highest BCUT2D eigenvalue weighted by atomic mass is 16.6. The van der Waals surface area contributed by atoms with Crippen LogP contribution in [0.3, 0.4) is 0 Å². The van der Waals surface area contributed by atoms with Crippen molar-refractivity contribution in [2.24, 2.45) is 5.92 Å². The molecule has 24 heavy (non-hydrogen) atoms. The molecule has 1 saturated carbocycles. The summed E-state index contributed by atoms with van der Waals surface area (Å²) in [5, 5.41) is 9.34. The lowest BCUT2D eigenvalue weighted by molar-refractivity contribution is -0.156. The van der Waals surface area contributed by atoms with Gasteiger partial charge in [-0.25, -0.2) is 4.79 Å². The molecule has 7 heteroatoms. The van der Waals surface area contributed by atoms with Crippen LogP contribution in [0, 0.1) is 5.92 Å². The Morgan fingerprint density at radius 2 is 1.67 bits per heavy atom. The first kappa shape index (κ1) is 19.1. The first-order valence-electron chi connectivity index (χ1n) is 8.62. The van der Waals surface area contributed by atoms with Crippen LogP contribution in [0.4, 0.5) is 0 Å². The van der Waals surface area contributed by atoms with E-state index in [2.05, 4.69) is 0 Å². The molecule has 4 unspecified atom stereocenters. The maximum Gasteiger partial charge on any atom is 0.326 e. The zero-order valence-electron chi connectivity index (χ0n) is 14.8. The Hall–Kier alpha value is -1.18. The van der Waals surface area contributed by atoms with Crippen molar-refractivity contribution in [2.75, 3.05) is 27.9 Å². The standard InChI is InChI=1S/C17H29NO6/c1-22-13-8-11(9-14(23-2)16(13)24-3)10-15(19)18-7-5-4-6-12(18)17(20)21/h11-14,16H,4-10H2,1-3H3,(H,20,21)/t11?,12?,13-,14?,16?/m0/s1. The second kappa shape index (κ2) is 8.78. The maximum absolute atomic E-state index is 12.7. The second-order valence-corrected chi connectivity index (χ2v) is 6.73. The number of carbonyl (C=O) groups excluding carboxylic acids is 1. The molecule has 0 radical (unpaired) electrons. The van der Waals surface area contributed by atoms with Crippen molar-refractivity contribution in [2.45, 2.75) is 62.9 Å². The predicted molar refractivity (Wildman–Crippen MR) is 86.7 cm³/mol. The van der Waals surface area contributed by atoms with E-state index in [0.29, 0.717) is 32.2 Å². The van der Waals surface area contributed by atoms with Crippen LogP contribution in [0.25, 0.3) is 0 Å². The Bertz CT molecular complexity index is 429. The number of hydrogen-bond donors (Lipinski definition) is 1. The van der Waals surface area contributed by atoms with Crippen LogP contribution in [0.1, 0.15) is 38.5 Å². The number of likely N-dealkylation sites (tertiary alicyclic amines) is 1. The first-order valence-corrected chi connectivity index (χ1v) is 8.62. The molecular weight excluding hydrogens is 314 g/mol. The molecule has 0 spiro atoms. The van der Waals surface area contributed by atoms with E-state index in [-0.39, 0.29) is 30.1 Å². The molecule has 2 fully saturated rings. The minimum atomic E-state index is -0.907. The summed E-state index contributed by atoms with van der Waals surface area (Å²) in [5.41, 5.74) is 0. The minimum Gasteiger partial charge on any atom is -0.480 e. The van der Waals surface area contributed by atoms with Crippen molar-refractivity contribution in [3.8, 4) is 0 Å². The molecule has 2 aliphatic rings. The van der Waals surface area contributed by atoms with E-state index in [1.54, 1.807) is 21.3 Å². The highest BCUT2D eigenvalue weighted by Crippen LogP contribution is 2.33. The number of amides is 1. The summed E-state index contributed by atoms with van der Waals surface area (Å²) in [6, 6.07) is -0.682. The molecule has 2 rings (SSSR count). The molecule has 5 atom stereocenters. The largest absolute Gasteiger partial charge is 0.480 e. The van der Waals surface area contributed by atoms with Crippen molar-refractivity contribution in [3.05, 3.63) is 0 Å². The Balaban J connectivity index is 2.01. The summed E-state index contributed by atoms with van der Waals surface area (Å²) in [6.07, 6.45) is 3.64. The van der Waals surface area contributed by atoms with Gasteiger partial charge in [-0.1, -0.05) is 0 Å². The third kappa shape index (κ3) is 4.26. The number of carboxylic acids is 1. The summed E-state index contributed by atoms with van der Waals surface area (Å²) < 4.78 is 16.5. The Morgan fingerprint density at radius 1 is 1.04 bits per heavy atom. The molecule has 0 aromatic carbocycles. The first-order chi connectivity index (χ1) is 11.5. The van der Waals surface area contributed by atoms with Gasteiger partial charge in [0.1, 0.15) is 12.1 Å². The lowest BCUT2D eigenvalue weighted by Gasteiger charge is -2.40. The van der Waals surface area contributed by atoms with Crippen molar-refractivity contribution >= 4 is 11.9 Å². The van der Waals surface area contributed by atoms with E-state index in [9.17, 15) is 14.7 Å². The molecule has 1 heterocycles. The van der Waals surface area contributed by atoms with Gasteiger partial charge in [-0.05, 0) is 38.0 Å². The monoisotopic (exact) mass is 343 g/mol. The average Bonchev–Trinajstić information content (AvgIpc) is 2.60. The number of piperidine rings is 1. The lowest BCUT2D eigenvalue weighted by atomic mass is 9.80. The predicted octanol–water partition coefficient (Wildman–Crippen LogP) is 1.30. The number of hydrogen-bond acceptors (Lipinski definition) is 5. The molecule has 0 aromatic rings. The van der Waals surface area contributed by atoms with Crippen molar-refractivity contribution in [1.29, 1.82) is 0 Å². The SMILES string of the molecule is COC1CC(CC(=O)N2CCCCC2C(=O)O)C[C@H](OC)C1OC. The van der Waals surface area contributed by atoms with Gasteiger partial charge >= 0.3 is 5.97 Å². The summed E-state index contributed by atoms with van der Waals surface area (Å²) in [6.45, 7) is 0.532. The quantitative estimate of drug-likeness (QED) is 0.782. The van der Waals surface area contributed by atoms with Crippen molar-refractivity contribution in [3.63, 3.8) is 0 Å². The van der Waals surface area contributed by atoms with Gasteiger partial charge in [0.2, 0.25) is 5.91 Å². The fourth-order valence-corrected chi connectivity index (χ4v) is 4.04. The van der Waals surface area contributed by atoms with Crippen LogP contribution < -0.4 is 0 Å². The third-order valence-electron chi connectivity index (χ3n) is 5.31. The van der Waals surface area contributed by atoms with Crippen LogP contribution in [-0.4, -0.2) is 74.1 Å². The minimum absolute atomic E-state index is 0.0762. The molecule has 1 aliphatic heterocycles. The summed E-state index contributed by atoms with van der Waals surface area (Å²) >= 11 is 0. The van der Waals surface area contributed by atoms with Gasteiger partial charge in [-0.15, -0.1) is 0 Å². The zero-order chi connectivity index (χ0) is 17.7. The van der Waals surface area contributed by atoms with Gasteiger partial charge in [0.05, 0.1) is 12.2 Å². The average molecular weight is 343 g/mol. The fraction of sp³-hybridized carbons (Fsp3) is 0.882. The van der Waals surface area contributed by atoms with Crippen LogP contribution in [0.5, 0.6) is 0 Å². The normalized spacial score (nSPS) is 34.1. The molecule has 1 saturated heterocycles. The van der Waals surface area contributed by atoms with Gasteiger partial charge in [-0.2, -0.15) is 0 Å². The number of carboxylic acid groups (broad SMARTS) is 1.